The molecule has 1 aliphatic heterocycles. The van der Waals surface area contributed by atoms with Crippen molar-refractivity contribution >= 4 is 23.1 Å². The van der Waals surface area contributed by atoms with Gasteiger partial charge in [-0.25, -0.2) is 9.97 Å². The molecule has 1 unspecified atom stereocenters. The Bertz CT molecular complexity index is 1030. The summed E-state index contributed by atoms with van der Waals surface area (Å²) in [5, 5.41) is 2.89. The average molecular weight is 374 g/mol. The van der Waals surface area contributed by atoms with E-state index in [1.54, 1.807) is 13.2 Å². The van der Waals surface area contributed by atoms with Gasteiger partial charge in [0.15, 0.2) is 0 Å². The summed E-state index contributed by atoms with van der Waals surface area (Å²) in [4.78, 5) is 23.6. The number of aromatic nitrogens is 2. The fourth-order valence-corrected chi connectivity index (χ4v) is 3.62. The van der Waals surface area contributed by atoms with Crippen LogP contribution in [0.25, 0.3) is 0 Å². The summed E-state index contributed by atoms with van der Waals surface area (Å²) in [5.74, 6) is 1.02. The molecule has 0 radical (unpaired) electrons. The maximum Gasteiger partial charge on any atom is 0.274 e. The molecule has 2 heterocycles. The molecule has 6 heteroatoms. The van der Waals surface area contributed by atoms with E-state index in [4.69, 9.17) is 4.74 Å². The molecule has 6 nitrogen and oxygen atoms in total. The fourth-order valence-electron chi connectivity index (χ4n) is 3.62. The van der Waals surface area contributed by atoms with Gasteiger partial charge >= 0.3 is 0 Å². The molecule has 1 atom stereocenters. The van der Waals surface area contributed by atoms with Crippen molar-refractivity contribution in [1.29, 1.82) is 0 Å². The highest BCUT2D eigenvalue weighted by Crippen LogP contribution is 2.37. The third-order valence-corrected chi connectivity index (χ3v) is 4.94. The number of rotatable bonds is 4. The lowest BCUT2D eigenvalue weighted by Gasteiger charge is -2.23. The number of benzene rings is 2. The Morgan fingerprint density at radius 3 is 2.82 bits per heavy atom. The van der Waals surface area contributed by atoms with Crippen molar-refractivity contribution < 1.29 is 9.53 Å². The Kier molecular flexibility index (Phi) is 4.69. The SMILES string of the molecule is COc1ccc(C)cc1NC(=O)c1cc(N2c3ccccc3CC2C)ncn1. The van der Waals surface area contributed by atoms with Crippen LogP contribution in [-0.2, 0) is 6.42 Å². The maximum absolute atomic E-state index is 12.8. The van der Waals surface area contributed by atoms with Crippen LogP contribution in [0.2, 0.25) is 0 Å². The molecule has 142 valence electrons. The van der Waals surface area contributed by atoms with E-state index >= 15 is 0 Å². The molecule has 0 saturated carbocycles. The summed E-state index contributed by atoms with van der Waals surface area (Å²) >= 11 is 0. The number of nitrogens with zero attached hydrogens (tertiary/aromatic N) is 3. The normalized spacial score (nSPS) is 15.2. The zero-order valence-electron chi connectivity index (χ0n) is 16.1. The van der Waals surface area contributed by atoms with Crippen LogP contribution in [-0.4, -0.2) is 29.0 Å². The molecule has 1 amide bonds. The van der Waals surface area contributed by atoms with Gasteiger partial charge in [0.25, 0.3) is 5.91 Å². The molecule has 4 rings (SSSR count). The monoisotopic (exact) mass is 374 g/mol. The summed E-state index contributed by atoms with van der Waals surface area (Å²) in [6, 6.07) is 15.9. The molecule has 1 aromatic heterocycles. The largest absolute Gasteiger partial charge is 0.495 e. The van der Waals surface area contributed by atoms with Gasteiger partial charge in [0.2, 0.25) is 0 Å². The van der Waals surface area contributed by atoms with Gasteiger partial charge in [-0.1, -0.05) is 24.3 Å². The smallest absolute Gasteiger partial charge is 0.274 e. The number of hydrogen-bond acceptors (Lipinski definition) is 5. The quantitative estimate of drug-likeness (QED) is 0.744. The van der Waals surface area contributed by atoms with Crippen LogP contribution in [0.5, 0.6) is 5.75 Å². The lowest BCUT2D eigenvalue weighted by molar-refractivity contribution is 0.102. The van der Waals surface area contributed by atoms with Crippen LogP contribution in [0.15, 0.2) is 54.9 Å². The third kappa shape index (κ3) is 3.29. The predicted octanol–water partition coefficient (Wildman–Crippen LogP) is 4.13. The Morgan fingerprint density at radius 2 is 2.00 bits per heavy atom. The first-order valence-corrected chi connectivity index (χ1v) is 9.22. The Hall–Kier alpha value is -3.41. The summed E-state index contributed by atoms with van der Waals surface area (Å²) in [6.45, 7) is 4.11. The molecular weight excluding hydrogens is 352 g/mol. The Morgan fingerprint density at radius 1 is 1.18 bits per heavy atom. The van der Waals surface area contributed by atoms with E-state index in [-0.39, 0.29) is 11.9 Å². The zero-order valence-corrected chi connectivity index (χ0v) is 16.1. The number of carbonyl (C=O) groups is 1. The van der Waals surface area contributed by atoms with Crippen LogP contribution in [0, 0.1) is 6.92 Å². The Labute approximate surface area is 164 Å². The van der Waals surface area contributed by atoms with E-state index in [2.05, 4.69) is 39.2 Å². The highest BCUT2D eigenvalue weighted by molar-refractivity contribution is 6.04. The van der Waals surface area contributed by atoms with Crippen molar-refractivity contribution in [3.05, 3.63) is 71.7 Å². The number of aryl methyl sites for hydroxylation is 1. The number of methoxy groups -OCH3 is 1. The second-order valence-corrected chi connectivity index (χ2v) is 6.97. The fraction of sp³-hybridized carbons (Fsp3) is 0.227. The van der Waals surface area contributed by atoms with E-state index < -0.39 is 0 Å². The number of ether oxygens (including phenoxy) is 1. The first-order chi connectivity index (χ1) is 13.6. The standard InChI is InChI=1S/C22H22N4O2/c1-14-8-9-20(28-3)17(10-14)25-22(27)18-12-21(24-13-23-18)26-15(2)11-16-6-4-5-7-19(16)26/h4-10,12-13,15H,11H2,1-3H3,(H,25,27). The van der Waals surface area contributed by atoms with Crippen molar-refractivity contribution in [3.63, 3.8) is 0 Å². The minimum atomic E-state index is -0.298. The molecule has 0 fully saturated rings. The van der Waals surface area contributed by atoms with Crippen molar-refractivity contribution in [2.45, 2.75) is 26.3 Å². The molecule has 3 aromatic rings. The maximum atomic E-state index is 12.8. The lowest BCUT2D eigenvalue weighted by atomic mass is 10.1. The predicted molar refractivity (Wildman–Crippen MR) is 109 cm³/mol. The van der Waals surface area contributed by atoms with Crippen LogP contribution in [0.1, 0.15) is 28.5 Å². The molecular formula is C22H22N4O2. The second kappa shape index (κ2) is 7.31. The number of nitrogens with one attached hydrogen (secondary N) is 1. The van der Waals surface area contributed by atoms with Crippen molar-refractivity contribution in [3.8, 4) is 5.75 Å². The molecule has 1 N–H and O–H groups in total. The zero-order chi connectivity index (χ0) is 19.7. The number of para-hydroxylation sites is 1. The lowest BCUT2D eigenvalue weighted by Crippen LogP contribution is -2.25. The van der Waals surface area contributed by atoms with Crippen LogP contribution in [0.3, 0.4) is 0 Å². The molecule has 0 bridgehead atoms. The highest BCUT2D eigenvalue weighted by atomic mass is 16.5. The van der Waals surface area contributed by atoms with Crippen molar-refractivity contribution in [1.82, 2.24) is 9.97 Å². The number of fused-ring (bicyclic) bond motifs is 1. The third-order valence-electron chi connectivity index (χ3n) is 4.94. The molecule has 28 heavy (non-hydrogen) atoms. The van der Waals surface area contributed by atoms with Gasteiger partial charge in [0.05, 0.1) is 12.8 Å². The number of anilines is 3. The second-order valence-electron chi connectivity index (χ2n) is 6.97. The number of carbonyl (C=O) groups excluding carboxylic acids is 1. The molecule has 0 aliphatic carbocycles. The number of hydrogen-bond donors (Lipinski definition) is 1. The van der Waals surface area contributed by atoms with E-state index in [9.17, 15) is 4.79 Å². The summed E-state index contributed by atoms with van der Waals surface area (Å²) in [6.07, 6.45) is 2.38. The van der Waals surface area contributed by atoms with Gasteiger partial charge < -0.3 is 15.0 Å². The average Bonchev–Trinajstić information content (AvgIpc) is 3.04. The van der Waals surface area contributed by atoms with Crippen LogP contribution >= 0.6 is 0 Å². The van der Waals surface area contributed by atoms with Gasteiger partial charge in [-0.05, 0) is 49.6 Å². The van der Waals surface area contributed by atoms with Crippen molar-refractivity contribution in [2.75, 3.05) is 17.3 Å². The minimum absolute atomic E-state index is 0.264. The summed E-state index contributed by atoms with van der Waals surface area (Å²) in [5.41, 5.74) is 4.36. The first kappa shape index (κ1) is 18.0. The van der Waals surface area contributed by atoms with Gasteiger partial charge in [0.1, 0.15) is 23.6 Å². The van der Waals surface area contributed by atoms with E-state index in [0.717, 1.165) is 17.7 Å². The van der Waals surface area contributed by atoms with Gasteiger partial charge in [0, 0.05) is 17.8 Å². The Balaban J connectivity index is 1.63. The highest BCUT2D eigenvalue weighted by Gasteiger charge is 2.28. The van der Waals surface area contributed by atoms with E-state index in [1.807, 2.05) is 37.3 Å². The molecule has 1 aliphatic rings. The van der Waals surface area contributed by atoms with Gasteiger partial charge in [-0.2, -0.15) is 0 Å². The van der Waals surface area contributed by atoms with Gasteiger partial charge in [-0.3, -0.25) is 4.79 Å². The topological polar surface area (TPSA) is 67.3 Å². The van der Waals surface area contributed by atoms with Crippen LogP contribution < -0.4 is 15.0 Å². The van der Waals surface area contributed by atoms with Crippen LogP contribution in [0.4, 0.5) is 17.2 Å². The van der Waals surface area contributed by atoms with Crippen molar-refractivity contribution in [2.24, 2.45) is 0 Å². The molecule has 0 saturated heterocycles. The summed E-state index contributed by atoms with van der Waals surface area (Å²) < 4.78 is 5.34. The minimum Gasteiger partial charge on any atom is -0.495 e. The van der Waals surface area contributed by atoms with E-state index in [1.165, 1.54) is 11.9 Å². The van der Waals surface area contributed by atoms with E-state index in [0.29, 0.717) is 22.9 Å². The van der Waals surface area contributed by atoms with Gasteiger partial charge in [-0.15, -0.1) is 0 Å². The molecule has 0 spiro atoms. The summed E-state index contributed by atoms with van der Waals surface area (Å²) in [7, 11) is 1.58. The molecule has 2 aromatic carbocycles. The number of amides is 1. The first-order valence-electron chi connectivity index (χ1n) is 9.22.